The highest BCUT2D eigenvalue weighted by Gasteiger charge is 2.27. The van der Waals surface area contributed by atoms with Crippen LogP contribution in [0.3, 0.4) is 0 Å². The quantitative estimate of drug-likeness (QED) is 0.389. The first kappa shape index (κ1) is 13.9. The zero-order valence-electron chi connectivity index (χ0n) is 8.82. The van der Waals surface area contributed by atoms with E-state index in [1.807, 2.05) is 0 Å². The van der Waals surface area contributed by atoms with Crippen molar-refractivity contribution in [2.45, 2.75) is 0 Å². The van der Waals surface area contributed by atoms with Gasteiger partial charge in [-0.25, -0.2) is 8.78 Å². The van der Waals surface area contributed by atoms with Crippen molar-refractivity contribution in [3.63, 3.8) is 0 Å². The number of nitrogens with zero attached hydrogens (tertiary/aromatic N) is 4. The van der Waals surface area contributed by atoms with Crippen molar-refractivity contribution in [3.05, 3.63) is 33.6 Å². The summed E-state index contributed by atoms with van der Waals surface area (Å²) in [5, 5.41) is 30.3. The first-order valence-corrected chi connectivity index (χ1v) is 4.38. The van der Waals surface area contributed by atoms with Crippen LogP contribution >= 0.6 is 0 Å². The number of hydrogen-bond donors (Lipinski definition) is 1. The Hall–Kier alpha value is -3.14. The summed E-state index contributed by atoms with van der Waals surface area (Å²) in [6.07, 6.45) is 0. The Morgan fingerprint density at radius 2 is 1.89 bits per heavy atom. The van der Waals surface area contributed by atoms with Gasteiger partial charge in [0.05, 0.1) is 4.92 Å². The second-order valence-corrected chi connectivity index (χ2v) is 2.94. The molecule has 1 aromatic rings. The van der Waals surface area contributed by atoms with Gasteiger partial charge in [0.15, 0.2) is 5.82 Å². The van der Waals surface area contributed by atoms with Crippen LogP contribution < -0.4 is 5.43 Å². The molecule has 0 fully saturated rings. The maximum Gasteiger partial charge on any atom is 0.332 e. The number of rotatable bonds is 3. The lowest BCUT2D eigenvalue weighted by Crippen LogP contribution is -2.05. The maximum absolute atomic E-state index is 13.2. The third-order valence-corrected chi connectivity index (χ3v) is 1.82. The van der Waals surface area contributed by atoms with Gasteiger partial charge in [-0.15, -0.1) is 0 Å². The molecule has 10 heteroatoms. The van der Waals surface area contributed by atoms with Crippen LogP contribution in [0.25, 0.3) is 0 Å². The van der Waals surface area contributed by atoms with Crippen LogP contribution in [0.1, 0.15) is 0 Å². The first-order valence-electron chi connectivity index (χ1n) is 4.38. The maximum atomic E-state index is 13.2. The highest BCUT2D eigenvalue weighted by Crippen LogP contribution is 2.31. The van der Waals surface area contributed by atoms with E-state index >= 15 is 0 Å². The van der Waals surface area contributed by atoms with E-state index in [1.165, 1.54) is 12.1 Å². The molecule has 0 aliphatic carbocycles. The summed E-state index contributed by atoms with van der Waals surface area (Å²) in [5.74, 6) is -5.71. The largest absolute Gasteiger partial charge is 0.332 e. The average molecular weight is 269 g/mol. The van der Waals surface area contributed by atoms with Crippen molar-refractivity contribution in [2.24, 2.45) is 5.10 Å². The van der Waals surface area contributed by atoms with Gasteiger partial charge in [0.2, 0.25) is 17.3 Å². The molecule has 0 heterocycles. The van der Waals surface area contributed by atoms with E-state index in [9.17, 15) is 23.3 Å². The Kier molecular flexibility index (Phi) is 4.00. The van der Waals surface area contributed by atoms with Gasteiger partial charge >= 0.3 is 5.69 Å². The third-order valence-electron chi connectivity index (χ3n) is 1.82. The minimum Gasteiger partial charge on any atom is -0.269 e. The van der Waals surface area contributed by atoms with Crippen LogP contribution in [0.15, 0.2) is 11.2 Å². The average Bonchev–Trinajstić information content (AvgIpc) is 2.36. The second-order valence-electron chi connectivity index (χ2n) is 2.94. The fraction of sp³-hybridized carbons (Fsp3) is 0. The summed E-state index contributed by atoms with van der Waals surface area (Å²) >= 11 is 0. The number of nitriles is 2. The minimum atomic E-state index is -2.02. The lowest BCUT2D eigenvalue weighted by atomic mass is 10.2. The van der Waals surface area contributed by atoms with Gasteiger partial charge < -0.3 is 0 Å². The minimum absolute atomic E-state index is 0.284. The molecule has 0 saturated carbocycles. The van der Waals surface area contributed by atoms with Gasteiger partial charge in [-0.05, 0) is 0 Å². The molecule has 0 aliphatic rings. The molecule has 0 aromatic heterocycles. The number of benzene rings is 1. The lowest BCUT2D eigenvalue weighted by Gasteiger charge is -2.04. The van der Waals surface area contributed by atoms with Crippen LogP contribution in [0.4, 0.5) is 24.5 Å². The van der Waals surface area contributed by atoms with Crippen LogP contribution in [0.2, 0.25) is 0 Å². The normalized spacial score (nSPS) is 9.11. The van der Waals surface area contributed by atoms with Gasteiger partial charge in [0.1, 0.15) is 17.8 Å². The Morgan fingerprint density at radius 3 is 2.37 bits per heavy atom. The Morgan fingerprint density at radius 1 is 1.32 bits per heavy atom. The Labute approximate surface area is 103 Å². The molecule has 1 N–H and O–H groups in total. The molecule has 0 aliphatic heterocycles. The smallest absolute Gasteiger partial charge is 0.269 e. The highest BCUT2D eigenvalue weighted by molar-refractivity contribution is 6.10. The van der Waals surface area contributed by atoms with Crippen LogP contribution in [0, 0.1) is 50.2 Å². The summed E-state index contributed by atoms with van der Waals surface area (Å²) in [5.41, 5.74) is -1.20. The summed E-state index contributed by atoms with van der Waals surface area (Å²) < 4.78 is 38.9. The van der Waals surface area contributed by atoms with Crippen molar-refractivity contribution >= 4 is 17.1 Å². The number of hydrogen-bond acceptors (Lipinski definition) is 6. The summed E-state index contributed by atoms with van der Waals surface area (Å²) in [6.45, 7) is 0. The molecule has 7 nitrogen and oxygen atoms in total. The van der Waals surface area contributed by atoms with Crippen molar-refractivity contribution in [2.75, 3.05) is 5.43 Å². The summed E-state index contributed by atoms with van der Waals surface area (Å²) in [6, 6.07) is 2.90. The molecule has 96 valence electrons. The van der Waals surface area contributed by atoms with Crippen LogP contribution in [-0.2, 0) is 0 Å². The molecule has 0 unspecified atom stereocenters. The predicted octanol–water partition coefficient (Wildman–Crippen LogP) is 1.83. The summed E-state index contributed by atoms with van der Waals surface area (Å²) in [4.78, 5) is 9.25. The van der Waals surface area contributed by atoms with Crippen molar-refractivity contribution in [3.8, 4) is 12.1 Å². The van der Waals surface area contributed by atoms with E-state index in [-0.39, 0.29) is 6.07 Å². The molecule has 1 rings (SSSR count). The first-order chi connectivity index (χ1) is 8.92. The lowest BCUT2D eigenvalue weighted by molar-refractivity contribution is -0.386. The van der Waals surface area contributed by atoms with Gasteiger partial charge in [0, 0.05) is 6.07 Å². The number of nitro benzene ring substituents is 1. The highest BCUT2D eigenvalue weighted by atomic mass is 19.2. The number of nitrogens with one attached hydrogen (secondary N) is 1. The molecule has 0 radical (unpaired) electrons. The molecule has 0 atom stereocenters. The monoisotopic (exact) mass is 269 g/mol. The molecule has 1 aromatic carbocycles. The van der Waals surface area contributed by atoms with Gasteiger partial charge in [-0.1, -0.05) is 0 Å². The Balaban J connectivity index is 3.37. The second kappa shape index (κ2) is 5.46. The fourth-order valence-corrected chi connectivity index (χ4v) is 1.04. The fourth-order valence-electron chi connectivity index (χ4n) is 1.04. The molecule has 0 spiro atoms. The van der Waals surface area contributed by atoms with Crippen molar-refractivity contribution < 1.29 is 18.1 Å². The van der Waals surface area contributed by atoms with E-state index in [0.717, 1.165) is 0 Å². The van der Waals surface area contributed by atoms with Crippen LogP contribution in [0.5, 0.6) is 0 Å². The van der Waals surface area contributed by atoms with E-state index < -0.39 is 39.5 Å². The number of hydrazone groups is 1. The zero-order chi connectivity index (χ0) is 14.6. The number of halogens is 3. The number of nitro groups is 1. The van der Waals surface area contributed by atoms with Crippen molar-refractivity contribution in [1.82, 2.24) is 0 Å². The zero-order valence-corrected chi connectivity index (χ0v) is 8.82. The van der Waals surface area contributed by atoms with Crippen LogP contribution in [-0.4, -0.2) is 10.6 Å². The molecular weight excluding hydrogens is 267 g/mol. The molecule has 0 saturated heterocycles. The number of anilines is 1. The van der Waals surface area contributed by atoms with E-state index in [4.69, 9.17) is 10.5 Å². The third kappa shape index (κ3) is 2.76. The molecular formula is C9H2F3N5O2. The van der Waals surface area contributed by atoms with Gasteiger partial charge in [-0.2, -0.15) is 20.0 Å². The molecule has 0 bridgehead atoms. The topological polar surface area (TPSA) is 115 Å². The van der Waals surface area contributed by atoms with Crippen molar-refractivity contribution in [1.29, 1.82) is 10.5 Å². The van der Waals surface area contributed by atoms with Gasteiger partial charge in [0.25, 0.3) is 0 Å². The molecule has 19 heavy (non-hydrogen) atoms. The SMILES string of the molecule is N#CC(C#N)=NNc1cc(F)c(F)c(F)c1[N+](=O)[O-]. The predicted molar refractivity (Wildman–Crippen MR) is 55.3 cm³/mol. The van der Waals surface area contributed by atoms with E-state index in [2.05, 4.69) is 5.10 Å². The van der Waals surface area contributed by atoms with E-state index in [1.54, 1.807) is 5.43 Å². The molecule has 0 amide bonds. The van der Waals surface area contributed by atoms with E-state index in [0.29, 0.717) is 0 Å². The van der Waals surface area contributed by atoms with Gasteiger partial charge in [-0.3, -0.25) is 15.5 Å². The Bertz CT molecular complexity index is 643. The summed E-state index contributed by atoms with van der Waals surface area (Å²) in [7, 11) is 0. The standard InChI is InChI=1S/C9H2F3N5O2/c10-5-1-6(16-15-4(2-13)3-14)9(17(18)19)8(12)7(5)11/h1,16H.